The Bertz CT molecular complexity index is 1220. The van der Waals surface area contributed by atoms with Crippen molar-refractivity contribution in [2.24, 2.45) is 46.3 Å². The Morgan fingerprint density at radius 1 is 0.900 bits per heavy atom. The van der Waals surface area contributed by atoms with Crippen molar-refractivity contribution in [3.05, 3.63) is 72.4 Å². The van der Waals surface area contributed by atoms with Crippen molar-refractivity contribution in [3.8, 4) is 0 Å². The van der Waals surface area contributed by atoms with E-state index in [9.17, 15) is 9.90 Å². The predicted octanol–water partition coefficient (Wildman–Crippen LogP) is 12.8. The number of aliphatic hydroxyl groups is 1. The number of hydrogen-bond acceptors (Lipinski definition) is 3. The summed E-state index contributed by atoms with van der Waals surface area (Å²) in [5.74, 6) is 5.14. The molecule has 3 heteroatoms. The van der Waals surface area contributed by atoms with Gasteiger partial charge in [0.25, 0.3) is 0 Å². The third-order valence-electron chi connectivity index (χ3n) is 13.5. The van der Waals surface area contributed by atoms with Gasteiger partial charge in [0, 0.05) is 12.8 Å². The van der Waals surface area contributed by atoms with E-state index in [1.807, 2.05) is 30.4 Å². The van der Waals surface area contributed by atoms with Crippen LogP contribution in [0, 0.1) is 46.3 Å². The second kappa shape index (κ2) is 20.2. The monoisotopic (exact) mass is 687 g/mol. The number of rotatable bonds is 19. The first-order chi connectivity index (χ1) is 24.1. The minimum absolute atomic E-state index is 0.0121. The molecule has 1 N–H and O–H groups in total. The molecular weight excluding hydrogens is 613 g/mol. The molecule has 0 aromatic carbocycles. The summed E-state index contributed by atoms with van der Waals surface area (Å²) in [5.41, 5.74) is 2.45. The van der Waals surface area contributed by atoms with Gasteiger partial charge >= 0.3 is 5.97 Å². The number of esters is 1. The third kappa shape index (κ3) is 11.2. The zero-order valence-corrected chi connectivity index (χ0v) is 33.0. The highest BCUT2D eigenvalue weighted by atomic mass is 16.5. The normalized spacial score (nSPS) is 32.6. The molecule has 3 fully saturated rings. The molecule has 0 amide bonds. The van der Waals surface area contributed by atoms with E-state index in [4.69, 9.17) is 4.74 Å². The van der Waals surface area contributed by atoms with Crippen LogP contribution in [0.15, 0.2) is 72.4 Å². The highest BCUT2D eigenvalue weighted by Gasteiger charge is 2.59. The molecule has 3 saturated carbocycles. The molecule has 4 aliphatic rings. The highest BCUT2D eigenvalue weighted by molar-refractivity contribution is 5.69. The topological polar surface area (TPSA) is 46.5 Å². The van der Waals surface area contributed by atoms with Crippen molar-refractivity contribution >= 4 is 5.97 Å². The number of aliphatic hydroxyl groups excluding tert-OH is 1. The molecule has 4 rings (SSSR count). The fraction of sp³-hybridized carbons (Fsp3) is 0.723. The third-order valence-corrected chi connectivity index (χ3v) is 13.5. The Kier molecular flexibility index (Phi) is 16.4. The summed E-state index contributed by atoms with van der Waals surface area (Å²) in [6, 6.07) is 0. The van der Waals surface area contributed by atoms with E-state index in [0.29, 0.717) is 23.7 Å². The SMILES string of the molecule is CC/C=C\C(O)C/C=C/C=C\C/C=C\C/C=C\CCCC(=O)O[C@H]1CC[C@@]2(C)C(=CC[C@H]3[C@@H]4CC[C@H]([C@H](C)CCCC(C)C)[C@@]4(C)CC[C@@H]32)C1. The molecule has 0 aromatic heterocycles. The smallest absolute Gasteiger partial charge is 0.306 e. The standard InChI is InChI=1S/C47H74O3/c1-7-8-24-39(48)25-19-17-15-13-11-9-10-12-14-16-18-20-26-45(49)50-40-31-33-46(5)38(35-40)27-28-41-43-30-29-42(37(4)23-21-22-36(2)3)47(43,6)34-32-44(41)46/h8-10,13-17,19,24,27,36-37,39-44,48H,7,11-12,18,20-23,25-26,28-35H2,1-6H3/b10-9-,15-13-,16-14-,19-17+,24-8-/t37-,39?,40+,41+,42-,43+,44+,46+,47-/m1/s1. The fourth-order valence-corrected chi connectivity index (χ4v) is 10.8. The number of fused-ring (bicyclic) bond motifs is 5. The zero-order chi connectivity index (χ0) is 36.0. The maximum atomic E-state index is 12.8. The Labute approximate surface area is 307 Å². The summed E-state index contributed by atoms with van der Waals surface area (Å²) in [7, 11) is 0. The summed E-state index contributed by atoms with van der Waals surface area (Å²) in [4.78, 5) is 12.8. The lowest BCUT2D eigenvalue weighted by Crippen LogP contribution is -2.51. The van der Waals surface area contributed by atoms with E-state index in [1.165, 1.54) is 57.8 Å². The molecule has 1 unspecified atom stereocenters. The molecule has 280 valence electrons. The van der Waals surface area contributed by atoms with Crippen LogP contribution in [-0.2, 0) is 9.53 Å². The number of ether oxygens (including phenoxy) is 1. The largest absolute Gasteiger partial charge is 0.462 e. The first-order valence-corrected chi connectivity index (χ1v) is 20.9. The zero-order valence-electron chi connectivity index (χ0n) is 33.0. The molecule has 0 bridgehead atoms. The van der Waals surface area contributed by atoms with Crippen LogP contribution in [0.1, 0.15) is 157 Å². The lowest BCUT2D eigenvalue weighted by Gasteiger charge is -2.58. The van der Waals surface area contributed by atoms with Crippen LogP contribution in [0.3, 0.4) is 0 Å². The van der Waals surface area contributed by atoms with Gasteiger partial charge in [0.05, 0.1) is 6.10 Å². The van der Waals surface area contributed by atoms with Crippen molar-refractivity contribution in [3.63, 3.8) is 0 Å². The van der Waals surface area contributed by atoms with Gasteiger partial charge in [-0.2, -0.15) is 0 Å². The molecule has 0 radical (unpaired) electrons. The lowest BCUT2D eigenvalue weighted by atomic mass is 9.47. The highest BCUT2D eigenvalue weighted by Crippen LogP contribution is 2.67. The summed E-state index contributed by atoms with van der Waals surface area (Å²) < 4.78 is 6.09. The number of carbonyl (C=O) groups is 1. The van der Waals surface area contributed by atoms with E-state index >= 15 is 0 Å². The van der Waals surface area contributed by atoms with E-state index in [2.05, 4.69) is 78.0 Å². The number of allylic oxidation sites excluding steroid dienone is 9. The van der Waals surface area contributed by atoms with Crippen LogP contribution in [0.5, 0.6) is 0 Å². The minimum atomic E-state index is -0.389. The number of unbranched alkanes of at least 4 members (excludes halogenated alkanes) is 1. The van der Waals surface area contributed by atoms with Crippen molar-refractivity contribution in [1.29, 1.82) is 0 Å². The second-order valence-corrected chi connectivity index (χ2v) is 17.4. The van der Waals surface area contributed by atoms with Gasteiger partial charge in [-0.15, -0.1) is 0 Å². The predicted molar refractivity (Wildman–Crippen MR) is 213 cm³/mol. The maximum Gasteiger partial charge on any atom is 0.306 e. The quantitative estimate of drug-likeness (QED) is 0.0637. The molecule has 4 aliphatic carbocycles. The Balaban J connectivity index is 1.13. The van der Waals surface area contributed by atoms with Gasteiger partial charge in [0.2, 0.25) is 0 Å². The van der Waals surface area contributed by atoms with E-state index in [0.717, 1.165) is 80.5 Å². The lowest BCUT2D eigenvalue weighted by molar-refractivity contribution is -0.151. The second-order valence-electron chi connectivity index (χ2n) is 17.4. The van der Waals surface area contributed by atoms with E-state index in [1.54, 1.807) is 5.57 Å². The molecule has 0 spiro atoms. The molecule has 0 aliphatic heterocycles. The molecule has 0 saturated heterocycles. The fourth-order valence-electron chi connectivity index (χ4n) is 10.8. The van der Waals surface area contributed by atoms with Gasteiger partial charge in [-0.25, -0.2) is 0 Å². The molecular formula is C47H74O3. The van der Waals surface area contributed by atoms with E-state index < -0.39 is 0 Å². The molecule has 9 atom stereocenters. The Hall–Kier alpha value is -2.13. The summed E-state index contributed by atoms with van der Waals surface area (Å²) in [6.07, 6.45) is 43.1. The van der Waals surface area contributed by atoms with Crippen LogP contribution in [0.4, 0.5) is 0 Å². The van der Waals surface area contributed by atoms with E-state index in [-0.39, 0.29) is 18.2 Å². The van der Waals surface area contributed by atoms with Crippen molar-refractivity contribution in [2.75, 3.05) is 0 Å². The summed E-state index contributed by atoms with van der Waals surface area (Å²) in [5, 5.41) is 9.78. The van der Waals surface area contributed by atoms with Crippen molar-refractivity contribution in [2.45, 2.75) is 169 Å². The average Bonchev–Trinajstić information content (AvgIpc) is 3.44. The molecule has 50 heavy (non-hydrogen) atoms. The minimum Gasteiger partial charge on any atom is -0.462 e. The Morgan fingerprint density at radius 3 is 2.44 bits per heavy atom. The first kappa shape index (κ1) is 40.6. The number of carbonyl (C=O) groups excluding carboxylic acids is 1. The van der Waals surface area contributed by atoms with Gasteiger partial charge in [0.1, 0.15) is 6.10 Å². The van der Waals surface area contributed by atoms with Gasteiger partial charge in [-0.05, 0) is 130 Å². The first-order valence-electron chi connectivity index (χ1n) is 20.9. The Morgan fingerprint density at radius 2 is 1.66 bits per heavy atom. The van der Waals surface area contributed by atoms with Gasteiger partial charge in [-0.3, -0.25) is 4.79 Å². The van der Waals surface area contributed by atoms with Crippen LogP contribution < -0.4 is 0 Å². The van der Waals surface area contributed by atoms with Crippen LogP contribution in [0.25, 0.3) is 0 Å². The van der Waals surface area contributed by atoms with Crippen LogP contribution in [-0.4, -0.2) is 23.3 Å². The van der Waals surface area contributed by atoms with Gasteiger partial charge in [0.15, 0.2) is 0 Å². The summed E-state index contributed by atoms with van der Waals surface area (Å²) in [6.45, 7) is 14.7. The number of hydrogen-bond donors (Lipinski definition) is 1. The van der Waals surface area contributed by atoms with Crippen molar-refractivity contribution in [1.82, 2.24) is 0 Å². The van der Waals surface area contributed by atoms with Gasteiger partial charge in [-0.1, -0.05) is 133 Å². The van der Waals surface area contributed by atoms with Crippen LogP contribution in [0.2, 0.25) is 0 Å². The van der Waals surface area contributed by atoms with Crippen molar-refractivity contribution < 1.29 is 14.6 Å². The van der Waals surface area contributed by atoms with Gasteiger partial charge < -0.3 is 9.84 Å². The average molecular weight is 687 g/mol. The molecule has 3 nitrogen and oxygen atoms in total. The molecule has 0 heterocycles. The molecule has 0 aromatic rings. The maximum absolute atomic E-state index is 12.8. The van der Waals surface area contributed by atoms with Crippen LogP contribution >= 0.6 is 0 Å². The summed E-state index contributed by atoms with van der Waals surface area (Å²) >= 11 is 0.